The van der Waals surface area contributed by atoms with Crippen LogP contribution in [0, 0.1) is 11.3 Å². The molecule has 3 rings (SSSR count). The normalized spacial score (nSPS) is 16.8. The first kappa shape index (κ1) is 21.8. The molecular formula is C22H25F3N4O. The Morgan fingerprint density at radius 2 is 2.10 bits per heavy atom. The highest BCUT2D eigenvalue weighted by molar-refractivity contribution is 5.59. The molecule has 1 aliphatic rings. The van der Waals surface area contributed by atoms with Crippen molar-refractivity contribution in [3.05, 3.63) is 47.8 Å². The minimum atomic E-state index is -4.57. The van der Waals surface area contributed by atoms with Crippen LogP contribution >= 0.6 is 0 Å². The second-order valence-corrected chi connectivity index (χ2v) is 7.14. The molecule has 1 fully saturated rings. The van der Waals surface area contributed by atoms with Crippen molar-refractivity contribution in [1.82, 2.24) is 4.98 Å². The Morgan fingerprint density at radius 3 is 2.77 bits per heavy atom. The van der Waals surface area contributed by atoms with Gasteiger partial charge < -0.3 is 14.5 Å². The Balaban J connectivity index is 1.88. The van der Waals surface area contributed by atoms with Gasteiger partial charge in [-0.05, 0) is 44.9 Å². The Kier molecular flexibility index (Phi) is 6.70. The number of hydrogen-bond acceptors (Lipinski definition) is 5. The highest BCUT2D eigenvalue weighted by atomic mass is 19.4. The van der Waals surface area contributed by atoms with Crippen molar-refractivity contribution in [2.45, 2.75) is 38.9 Å². The zero-order valence-corrected chi connectivity index (χ0v) is 17.1. The molecule has 0 aliphatic carbocycles. The maximum atomic E-state index is 13.4. The summed E-state index contributed by atoms with van der Waals surface area (Å²) in [7, 11) is 0. The van der Waals surface area contributed by atoms with Gasteiger partial charge in [0.25, 0.3) is 0 Å². The summed E-state index contributed by atoms with van der Waals surface area (Å²) in [4.78, 5) is 8.39. The zero-order valence-electron chi connectivity index (χ0n) is 17.1. The largest absolute Gasteiger partial charge is 0.492 e. The highest BCUT2D eigenvalue weighted by Crippen LogP contribution is 2.36. The highest BCUT2D eigenvalue weighted by Gasteiger charge is 2.35. The fourth-order valence-electron chi connectivity index (χ4n) is 4.01. The van der Waals surface area contributed by atoms with Crippen molar-refractivity contribution in [3.8, 4) is 11.8 Å². The van der Waals surface area contributed by atoms with Crippen molar-refractivity contribution >= 4 is 11.4 Å². The fourth-order valence-corrected chi connectivity index (χ4v) is 4.01. The molecule has 0 bridgehead atoms. The molecule has 1 saturated heterocycles. The lowest BCUT2D eigenvalue weighted by atomic mass is 10.0. The summed E-state index contributed by atoms with van der Waals surface area (Å²) >= 11 is 0. The molecule has 8 heteroatoms. The van der Waals surface area contributed by atoms with Gasteiger partial charge in [-0.2, -0.15) is 18.4 Å². The van der Waals surface area contributed by atoms with E-state index in [1.54, 1.807) is 24.5 Å². The number of alkyl halides is 3. The second-order valence-electron chi connectivity index (χ2n) is 7.14. The molecule has 1 atom stereocenters. The van der Waals surface area contributed by atoms with Crippen LogP contribution in [0.5, 0.6) is 5.75 Å². The Bertz CT molecular complexity index is 910. The van der Waals surface area contributed by atoms with Crippen LogP contribution in [0.3, 0.4) is 0 Å². The minimum absolute atomic E-state index is 0.0347. The predicted octanol–water partition coefficient (Wildman–Crippen LogP) is 4.87. The summed E-state index contributed by atoms with van der Waals surface area (Å²) in [6.45, 7) is 6.45. The zero-order chi connectivity index (χ0) is 21.7. The fraction of sp³-hybridized carbons (Fsp3) is 0.455. The maximum Gasteiger partial charge on any atom is 0.417 e. The Labute approximate surface area is 174 Å². The second kappa shape index (κ2) is 9.24. The summed E-state index contributed by atoms with van der Waals surface area (Å²) in [5.41, 5.74) is 0.131. The molecule has 1 aliphatic heterocycles. The van der Waals surface area contributed by atoms with Gasteiger partial charge in [-0.15, -0.1) is 0 Å². The predicted molar refractivity (Wildman–Crippen MR) is 110 cm³/mol. The van der Waals surface area contributed by atoms with E-state index in [-0.39, 0.29) is 11.6 Å². The van der Waals surface area contributed by atoms with E-state index in [0.717, 1.165) is 36.9 Å². The van der Waals surface area contributed by atoms with Crippen LogP contribution in [0.25, 0.3) is 0 Å². The number of likely N-dealkylation sites (N-methyl/N-ethyl adjacent to an activating group) is 1. The van der Waals surface area contributed by atoms with Crippen LogP contribution in [0.15, 0.2) is 36.7 Å². The van der Waals surface area contributed by atoms with Gasteiger partial charge in [-0.25, -0.2) is 0 Å². The first-order chi connectivity index (χ1) is 14.4. The third kappa shape index (κ3) is 4.61. The van der Waals surface area contributed by atoms with Gasteiger partial charge >= 0.3 is 6.18 Å². The minimum Gasteiger partial charge on any atom is -0.492 e. The number of piperidine rings is 1. The third-order valence-corrected chi connectivity index (χ3v) is 5.34. The van der Waals surface area contributed by atoms with Gasteiger partial charge in [0.15, 0.2) is 0 Å². The standard InChI is InChI=1S/C22H25F3N4O/c1-3-29(17-8-7-16(13-26)19(12-17)22(23,24)25)18-6-5-11-28(15-18)20-14-27-10-9-21(20)30-4-2/h7-10,12,14,18H,3-6,11,15H2,1-2H3/t18-/m1/s1. The lowest BCUT2D eigenvalue weighted by Gasteiger charge is -2.41. The topological polar surface area (TPSA) is 52.4 Å². The number of nitriles is 1. The molecule has 1 aromatic carbocycles. The molecule has 1 aromatic heterocycles. The molecule has 30 heavy (non-hydrogen) atoms. The SMILES string of the molecule is CCOc1ccncc1N1CCC[C@@H](N(CC)c2ccc(C#N)c(C(F)(F)F)c2)C1. The Morgan fingerprint density at radius 1 is 1.30 bits per heavy atom. The van der Waals surface area contributed by atoms with Crippen molar-refractivity contribution in [1.29, 1.82) is 5.26 Å². The van der Waals surface area contributed by atoms with E-state index in [9.17, 15) is 13.2 Å². The molecule has 0 radical (unpaired) electrons. The lowest BCUT2D eigenvalue weighted by molar-refractivity contribution is -0.137. The summed E-state index contributed by atoms with van der Waals surface area (Å²) in [6.07, 6.45) is 0.665. The molecule has 2 aromatic rings. The van der Waals surface area contributed by atoms with E-state index in [4.69, 9.17) is 10.00 Å². The number of ether oxygens (including phenoxy) is 1. The first-order valence-electron chi connectivity index (χ1n) is 10.1. The van der Waals surface area contributed by atoms with Gasteiger partial charge in [0, 0.05) is 43.6 Å². The quantitative estimate of drug-likeness (QED) is 0.670. The number of rotatable bonds is 6. The maximum absolute atomic E-state index is 13.4. The average Bonchev–Trinajstić information content (AvgIpc) is 2.74. The van der Waals surface area contributed by atoms with Crippen molar-refractivity contribution < 1.29 is 17.9 Å². The monoisotopic (exact) mass is 418 g/mol. The Hall–Kier alpha value is -2.95. The number of anilines is 2. The van der Waals surface area contributed by atoms with Crippen molar-refractivity contribution in [2.24, 2.45) is 0 Å². The van der Waals surface area contributed by atoms with Crippen LogP contribution in [0.1, 0.15) is 37.8 Å². The number of pyridine rings is 1. The molecule has 0 N–H and O–H groups in total. The van der Waals surface area contributed by atoms with Gasteiger partial charge in [-0.3, -0.25) is 4.98 Å². The van der Waals surface area contributed by atoms with Crippen molar-refractivity contribution in [3.63, 3.8) is 0 Å². The van der Waals surface area contributed by atoms with Gasteiger partial charge in [0.2, 0.25) is 0 Å². The molecule has 0 unspecified atom stereocenters. The summed E-state index contributed by atoms with van der Waals surface area (Å²) < 4.78 is 46.0. The number of nitrogens with zero attached hydrogens (tertiary/aromatic N) is 4. The summed E-state index contributed by atoms with van der Waals surface area (Å²) in [6, 6.07) is 7.47. The number of aromatic nitrogens is 1. The number of benzene rings is 1. The molecule has 0 spiro atoms. The molecule has 160 valence electrons. The smallest absolute Gasteiger partial charge is 0.417 e. The molecule has 0 saturated carbocycles. The van der Waals surface area contributed by atoms with E-state index < -0.39 is 11.7 Å². The summed E-state index contributed by atoms with van der Waals surface area (Å²) in [5, 5.41) is 9.06. The average molecular weight is 418 g/mol. The lowest BCUT2D eigenvalue weighted by Crippen LogP contribution is -2.48. The van der Waals surface area contributed by atoms with E-state index in [2.05, 4.69) is 9.88 Å². The van der Waals surface area contributed by atoms with Crippen LogP contribution in [0.2, 0.25) is 0 Å². The van der Waals surface area contributed by atoms with Crippen LogP contribution in [0.4, 0.5) is 24.5 Å². The third-order valence-electron chi connectivity index (χ3n) is 5.34. The van der Waals surface area contributed by atoms with Crippen LogP contribution < -0.4 is 14.5 Å². The molecule has 5 nitrogen and oxygen atoms in total. The molecule has 2 heterocycles. The van der Waals surface area contributed by atoms with E-state index in [1.165, 1.54) is 6.07 Å². The molecule has 0 amide bonds. The van der Waals surface area contributed by atoms with Crippen LogP contribution in [-0.4, -0.2) is 37.3 Å². The molecular weight excluding hydrogens is 393 g/mol. The van der Waals surface area contributed by atoms with Crippen molar-refractivity contribution in [2.75, 3.05) is 36.0 Å². The number of hydrogen-bond donors (Lipinski definition) is 0. The van der Waals surface area contributed by atoms with Gasteiger partial charge in [0.05, 0.1) is 35.7 Å². The summed E-state index contributed by atoms with van der Waals surface area (Å²) in [5.74, 6) is 0.758. The van der Waals surface area contributed by atoms with Gasteiger partial charge in [-0.1, -0.05) is 0 Å². The first-order valence-corrected chi connectivity index (χ1v) is 10.1. The van der Waals surface area contributed by atoms with E-state index >= 15 is 0 Å². The van der Waals surface area contributed by atoms with E-state index in [1.807, 2.05) is 24.8 Å². The van der Waals surface area contributed by atoms with Gasteiger partial charge in [0.1, 0.15) is 5.75 Å². The van der Waals surface area contributed by atoms with Crippen LogP contribution in [-0.2, 0) is 6.18 Å². The van der Waals surface area contributed by atoms with E-state index in [0.29, 0.717) is 25.4 Å². The number of halogens is 3.